The van der Waals surface area contributed by atoms with E-state index in [0.717, 1.165) is 11.0 Å². The van der Waals surface area contributed by atoms with Gasteiger partial charge in [-0.05, 0) is 42.5 Å². The molecule has 0 aliphatic rings. The molecule has 0 saturated carbocycles. The molecule has 0 fully saturated rings. The van der Waals surface area contributed by atoms with Crippen LogP contribution in [0.3, 0.4) is 0 Å². The summed E-state index contributed by atoms with van der Waals surface area (Å²) in [6, 6.07) is 11.6. The minimum Gasteiger partial charge on any atom is -0.345 e. The third-order valence-electron chi connectivity index (χ3n) is 2.99. The van der Waals surface area contributed by atoms with Gasteiger partial charge in [0, 0.05) is 16.4 Å². The quantitative estimate of drug-likeness (QED) is 0.636. The van der Waals surface area contributed by atoms with Crippen molar-refractivity contribution in [2.45, 2.75) is 0 Å². The van der Waals surface area contributed by atoms with Crippen molar-refractivity contribution in [1.29, 1.82) is 0 Å². The minimum atomic E-state index is -0.757. The summed E-state index contributed by atoms with van der Waals surface area (Å²) in [5, 5.41) is 5.57. The van der Waals surface area contributed by atoms with E-state index in [1.165, 1.54) is 0 Å². The van der Waals surface area contributed by atoms with Crippen LogP contribution in [0.1, 0.15) is 0 Å². The zero-order valence-corrected chi connectivity index (χ0v) is 12.0. The van der Waals surface area contributed by atoms with Gasteiger partial charge in [-0.15, -0.1) is 0 Å². The van der Waals surface area contributed by atoms with Crippen molar-refractivity contribution in [3.05, 3.63) is 53.8 Å². The Hall–Kier alpha value is -2.86. The molecule has 6 nitrogen and oxygen atoms in total. The Kier molecular flexibility index (Phi) is 3.76. The highest BCUT2D eigenvalue weighted by molar-refractivity contribution is 6.43. The van der Waals surface area contributed by atoms with Gasteiger partial charge in [-0.2, -0.15) is 0 Å². The Balaban J connectivity index is 1.67. The summed E-state index contributed by atoms with van der Waals surface area (Å²) < 4.78 is 0. The standard InChI is InChI=1S/C15H11ClN4O2/c16-9-1-3-10(4-2-9)19-14(21)15(22)20-11-5-6-12-13(7-11)18-8-17-12/h1-8H,(H,17,18)(H,19,21)(H,20,22). The summed E-state index contributed by atoms with van der Waals surface area (Å²) in [7, 11) is 0. The Bertz CT molecular complexity index is 842. The molecule has 110 valence electrons. The van der Waals surface area contributed by atoms with E-state index in [9.17, 15) is 9.59 Å². The maximum Gasteiger partial charge on any atom is 0.314 e. The third-order valence-corrected chi connectivity index (χ3v) is 3.24. The lowest BCUT2D eigenvalue weighted by molar-refractivity contribution is -0.132. The lowest BCUT2D eigenvalue weighted by Gasteiger charge is -2.06. The number of benzene rings is 2. The number of imidazole rings is 1. The largest absolute Gasteiger partial charge is 0.345 e. The first kappa shape index (κ1) is 14.1. The number of nitrogens with zero attached hydrogens (tertiary/aromatic N) is 1. The second-order valence-corrected chi connectivity index (χ2v) is 4.99. The van der Waals surface area contributed by atoms with Crippen LogP contribution in [0.4, 0.5) is 11.4 Å². The van der Waals surface area contributed by atoms with Crippen LogP contribution in [-0.2, 0) is 9.59 Å². The van der Waals surface area contributed by atoms with E-state index in [0.29, 0.717) is 16.4 Å². The smallest absolute Gasteiger partial charge is 0.314 e. The molecule has 0 aliphatic carbocycles. The van der Waals surface area contributed by atoms with Crippen LogP contribution in [0, 0.1) is 0 Å². The van der Waals surface area contributed by atoms with E-state index in [1.54, 1.807) is 48.8 Å². The Labute approximate surface area is 130 Å². The fourth-order valence-electron chi connectivity index (χ4n) is 1.92. The van der Waals surface area contributed by atoms with Crippen LogP contribution in [0.2, 0.25) is 5.02 Å². The van der Waals surface area contributed by atoms with Gasteiger partial charge in [-0.1, -0.05) is 11.6 Å². The number of fused-ring (bicyclic) bond motifs is 1. The molecule has 2 aromatic carbocycles. The summed E-state index contributed by atoms with van der Waals surface area (Å²) in [4.78, 5) is 30.7. The highest BCUT2D eigenvalue weighted by Gasteiger charge is 2.14. The number of hydrogen-bond acceptors (Lipinski definition) is 3. The number of H-pyrrole nitrogens is 1. The number of aromatic amines is 1. The molecular formula is C15H11ClN4O2. The van der Waals surface area contributed by atoms with Crippen molar-refractivity contribution in [1.82, 2.24) is 9.97 Å². The van der Waals surface area contributed by atoms with Crippen LogP contribution < -0.4 is 10.6 Å². The van der Waals surface area contributed by atoms with E-state index in [1.807, 2.05) is 0 Å². The molecule has 1 aromatic heterocycles. The van der Waals surface area contributed by atoms with E-state index in [-0.39, 0.29) is 0 Å². The van der Waals surface area contributed by atoms with Crippen LogP contribution in [0.15, 0.2) is 48.8 Å². The molecule has 0 atom stereocenters. The first-order chi connectivity index (χ1) is 10.6. The average molecular weight is 315 g/mol. The summed E-state index contributed by atoms with van der Waals surface area (Å²) in [5.41, 5.74) is 2.56. The number of amides is 2. The van der Waals surface area contributed by atoms with Gasteiger partial charge < -0.3 is 15.6 Å². The van der Waals surface area contributed by atoms with E-state index in [4.69, 9.17) is 11.6 Å². The average Bonchev–Trinajstić information content (AvgIpc) is 2.97. The first-order valence-electron chi connectivity index (χ1n) is 6.43. The van der Waals surface area contributed by atoms with Crippen LogP contribution in [0.5, 0.6) is 0 Å². The fraction of sp³-hybridized carbons (Fsp3) is 0. The van der Waals surface area contributed by atoms with Crippen LogP contribution in [0.25, 0.3) is 11.0 Å². The number of carbonyl (C=O) groups excluding carboxylic acids is 2. The van der Waals surface area contributed by atoms with Gasteiger partial charge in [0.25, 0.3) is 0 Å². The minimum absolute atomic E-state index is 0.494. The number of rotatable bonds is 2. The van der Waals surface area contributed by atoms with Crippen molar-refractivity contribution in [2.75, 3.05) is 10.6 Å². The predicted octanol–water partition coefficient (Wildman–Crippen LogP) is 2.79. The second kappa shape index (κ2) is 5.87. The second-order valence-electron chi connectivity index (χ2n) is 4.55. The maximum absolute atomic E-state index is 11.9. The number of halogens is 1. The Morgan fingerprint density at radius 2 is 1.59 bits per heavy atom. The summed E-state index contributed by atoms with van der Waals surface area (Å²) in [6.07, 6.45) is 1.56. The van der Waals surface area contributed by atoms with E-state index < -0.39 is 11.8 Å². The van der Waals surface area contributed by atoms with Gasteiger partial charge in [0.2, 0.25) is 0 Å². The number of anilines is 2. The van der Waals surface area contributed by atoms with Gasteiger partial charge >= 0.3 is 11.8 Å². The molecule has 22 heavy (non-hydrogen) atoms. The van der Waals surface area contributed by atoms with Crippen LogP contribution >= 0.6 is 11.6 Å². The molecule has 0 saturated heterocycles. The summed E-state index contributed by atoms with van der Waals surface area (Å²) >= 11 is 5.76. The molecule has 3 N–H and O–H groups in total. The van der Waals surface area contributed by atoms with Gasteiger partial charge in [-0.25, -0.2) is 4.98 Å². The van der Waals surface area contributed by atoms with Gasteiger partial charge in [-0.3, -0.25) is 9.59 Å². The van der Waals surface area contributed by atoms with Crippen molar-refractivity contribution in [2.24, 2.45) is 0 Å². The highest BCUT2D eigenvalue weighted by Crippen LogP contribution is 2.16. The lowest BCUT2D eigenvalue weighted by Crippen LogP contribution is -2.29. The van der Waals surface area contributed by atoms with Gasteiger partial charge in [0.15, 0.2) is 0 Å². The SMILES string of the molecule is O=C(Nc1ccc(Cl)cc1)C(=O)Nc1ccc2nc[nH]c2c1. The zero-order valence-electron chi connectivity index (χ0n) is 11.3. The van der Waals surface area contributed by atoms with Crippen molar-refractivity contribution >= 4 is 45.8 Å². The normalized spacial score (nSPS) is 10.4. The monoisotopic (exact) mass is 314 g/mol. The molecule has 2 amide bonds. The Morgan fingerprint density at radius 3 is 2.32 bits per heavy atom. The van der Waals surface area contributed by atoms with Crippen molar-refractivity contribution < 1.29 is 9.59 Å². The molecule has 0 aliphatic heterocycles. The fourth-order valence-corrected chi connectivity index (χ4v) is 2.05. The van der Waals surface area contributed by atoms with Gasteiger partial charge in [0.1, 0.15) is 0 Å². The molecular weight excluding hydrogens is 304 g/mol. The number of aromatic nitrogens is 2. The van der Waals surface area contributed by atoms with Gasteiger partial charge in [0.05, 0.1) is 17.4 Å². The zero-order chi connectivity index (χ0) is 15.5. The third kappa shape index (κ3) is 3.07. The van der Waals surface area contributed by atoms with E-state index in [2.05, 4.69) is 20.6 Å². The lowest BCUT2D eigenvalue weighted by atomic mass is 10.2. The number of hydrogen-bond donors (Lipinski definition) is 3. The highest BCUT2D eigenvalue weighted by atomic mass is 35.5. The molecule has 7 heteroatoms. The van der Waals surface area contributed by atoms with Crippen LogP contribution in [-0.4, -0.2) is 21.8 Å². The molecule has 3 rings (SSSR count). The molecule has 0 unspecified atom stereocenters. The molecule has 0 radical (unpaired) electrons. The van der Waals surface area contributed by atoms with Crippen molar-refractivity contribution in [3.8, 4) is 0 Å². The maximum atomic E-state index is 11.9. The topological polar surface area (TPSA) is 86.9 Å². The summed E-state index contributed by atoms with van der Waals surface area (Å²) in [5.74, 6) is -1.51. The molecule has 3 aromatic rings. The molecule has 1 heterocycles. The molecule has 0 bridgehead atoms. The van der Waals surface area contributed by atoms with Crippen molar-refractivity contribution in [3.63, 3.8) is 0 Å². The Morgan fingerprint density at radius 1 is 0.955 bits per heavy atom. The number of nitrogens with one attached hydrogen (secondary N) is 3. The number of carbonyl (C=O) groups is 2. The predicted molar refractivity (Wildman–Crippen MR) is 84.8 cm³/mol. The molecule has 0 spiro atoms. The summed E-state index contributed by atoms with van der Waals surface area (Å²) in [6.45, 7) is 0. The first-order valence-corrected chi connectivity index (χ1v) is 6.81. The van der Waals surface area contributed by atoms with E-state index >= 15 is 0 Å².